The smallest absolute Gasteiger partial charge is 0.294 e. The van der Waals surface area contributed by atoms with E-state index in [2.05, 4.69) is 5.84 Å². The molecule has 0 fully saturated rings. The standard InChI is InChI=1S/C4H7F3N2O.ClH/c5-4(6,7)2-1-3(10)9-8;/h1-2,8H2,(H,9,10);1H. The monoisotopic (exact) mass is 192 g/mol. The summed E-state index contributed by atoms with van der Waals surface area (Å²) in [5, 5.41) is 0. The fourth-order valence-electron chi connectivity index (χ4n) is 0.327. The van der Waals surface area contributed by atoms with Crippen LogP contribution in [-0.2, 0) is 4.79 Å². The van der Waals surface area contributed by atoms with Gasteiger partial charge in [-0.1, -0.05) is 0 Å². The van der Waals surface area contributed by atoms with E-state index in [1.807, 2.05) is 0 Å². The maximum absolute atomic E-state index is 11.3. The Labute approximate surface area is 67.5 Å². The van der Waals surface area contributed by atoms with Gasteiger partial charge < -0.3 is 0 Å². The summed E-state index contributed by atoms with van der Waals surface area (Å²) in [7, 11) is 0. The maximum atomic E-state index is 11.3. The van der Waals surface area contributed by atoms with Crippen molar-refractivity contribution in [2.24, 2.45) is 5.84 Å². The molecule has 68 valence electrons. The molecule has 0 atom stereocenters. The van der Waals surface area contributed by atoms with E-state index in [1.54, 1.807) is 5.43 Å². The minimum atomic E-state index is -4.29. The molecule has 0 aliphatic rings. The van der Waals surface area contributed by atoms with Crippen molar-refractivity contribution < 1.29 is 18.0 Å². The molecule has 0 bridgehead atoms. The Morgan fingerprint density at radius 1 is 1.45 bits per heavy atom. The molecule has 3 nitrogen and oxygen atoms in total. The Bertz CT molecular complexity index is 127. The largest absolute Gasteiger partial charge is 0.389 e. The molecule has 0 saturated heterocycles. The molecule has 3 N–H and O–H groups in total. The third-order valence-corrected chi connectivity index (χ3v) is 0.797. The topological polar surface area (TPSA) is 55.1 Å². The molecular weight excluding hydrogens is 185 g/mol. The van der Waals surface area contributed by atoms with Gasteiger partial charge in [0, 0.05) is 6.42 Å². The van der Waals surface area contributed by atoms with Crippen LogP contribution in [0.5, 0.6) is 0 Å². The molecular formula is C4H8ClF3N2O. The number of amides is 1. The zero-order chi connectivity index (χ0) is 8.20. The number of hydrogen-bond acceptors (Lipinski definition) is 2. The Morgan fingerprint density at radius 3 is 2.18 bits per heavy atom. The lowest BCUT2D eigenvalue weighted by atomic mass is 10.3. The number of halogens is 4. The second kappa shape index (κ2) is 5.20. The molecule has 0 aromatic heterocycles. The van der Waals surface area contributed by atoms with Crippen LogP contribution < -0.4 is 11.3 Å². The van der Waals surface area contributed by atoms with E-state index in [0.717, 1.165) is 0 Å². The number of nitrogens with two attached hydrogens (primary N) is 1. The predicted octanol–water partition coefficient (Wildman–Crippen LogP) is 0.741. The first-order valence-corrected chi connectivity index (χ1v) is 2.52. The number of nitrogens with one attached hydrogen (secondary N) is 1. The van der Waals surface area contributed by atoms with Crippen molar-refractivity contribution in [2.45, 2.75) is 19.0 Å². The molecule has 1 amide bonds. The van der Waals surface area contributed by atoms with Crippen LogP contribution in [-0.4, -0.2) is 12.1 Å². The Hall–Kier alpha value is -0.490. The summed E-state index contributed by atoms with van der Waals surface area (Å²) in [6.07, 6.45) is -6.03. The highest BCUT2D eigenvalue weighted by atomic mass is 35.5. The van der Waals surface area contributed by atoms with E-state index in [4.69, 9.17) is 0 Å². The number of carbonyl (C=O) groups is 1. The van der Waals surface area contributed by atoms with Gasteiger partial charge in [-0.3, -0.25) is 10.2 Å². The SMILES string of the molecule is Cl.NNC(=O)CCC(F)(F)F. The first kappa shape index (κ1) is 13.1. The van der Waals surface area contributed by atoms with Gasteiger partial charge in [0.2, 0.25) is 5.91 Å². The van der Waals surface area contributed by atoms with Crippen LogP contribution in [0, 0.1) is 0 Å². The molecule has 0 saturated carbocycles. The summed E-state index contributed by atoms with van der Waals surface area (Å²) in [5.41, 5.74) is 1.60. The quantitative estimate of drug-likeness (QED) is 0.385. The molecule has 0 aliphatic heterocycles. The van der Waals surface area contributed by atoms with Gasteiger partial charge in [0.05, 0.1) is 6.42 Å². The third kappa shape index (κ3) is 9.51. The van der Waals surface area contributed by atoms with Gasteiger partial charge in [-0.05, 0) is 0 Å². The number of alkyl halides is 3. The highest BCUT2D eigenvalue weighted by Crippen LogP contribution is 2.20. The van der Waals surface area contributed by atoms with Crippen molar-refractivity contribution in [3.05, 3.63) is 0 Å². The second-order valence-corrected chi connectivity index (χ2v) is 1.68. The molecule has 0 aliphatic carbocycles. The Balaban J connectivity index is 0. The Morgan fingerprint density at radius 2 is 1.91 bits per heavy atom. The minimum absolute atomic E-state index is 0. The highest BCUT2D eigenvalue weighted by Gasteiger charge is 2.27. The van der Waals surface area contributed by atoms with Gasteiger partial charge in [-0.15, -0.1) is 12.4 Å². The average molecular weight is 193 g/mol. The van der Waals surface area contributed by atoms with Crippen molar-refractivity contribution in [3.63, 3.8) is 0 Å². The van der Waals surface area contributed by atoms with Crippen LogP contribution in [0.1, 0.15) is 12.8 Å². The molecule has 0 aromatic rings. The summed E-state index contributed by atoms with van der Waals surface area (Å²) in [6.45, 7) is 0. The summed E-state index contributed by atoms with van der Waals surface area (Å²) in [6, 6.07) is 0. The lowest BCUT2D eigenvalue weighted by Crippen LogP contribution is -2.30. The maximum Gasteiger partial charge on any atom is 0.389 e. The van der Waals surface area contributed by atoms with Crippen LogP contribution >= 0.6 is 12.4 Å². The molecule has 0 spiro atoms. The van der Waals surface area contributed by atoms with E-state index in [0.29, 0.717) is 0 Å². The van der Waals surface area contributed by atoms with Crippen LogP contribution in [0.2, 0.25) is 0 Å². The summed E-state index contributed by atoms with van der Waals surface area (Å²) < 4.78 is 34.0. The molecule has 0 radical (unpaired) electrons. The summed E-state index contributed by atoms with van der Waals surface area (Å²) >= 11 is 0. The van der Waals surface area contributed by atoms with Crippen molar-refractivity contribution >= 4 is 18.3 Å². The normalized spacial score (nSPS) is 10.2. The van der Waals surface area contributed by atoms with Crippen LogP contribution in [0.25, 0.3) is 0 Å². The van der Waals surface area contributed by atoms with Crippen LogP contribution in [0.4, 0.5) is 13.2 Å². The lowest BCUT2D eigenvalue weighted by Gasteiger charge is -2.03. The molecule has 0 aromatic carbocycles. The molecule has 0 unspecified atom stereocenters. The van der Waals surface area contributed by atoms with E-state index >= 15 is 0 Å². The van der Waals surface area contributed by atoms with Crippen molar-refractivity contribution in [3.8, 4) is 0 Å². The average Bonchev–Trinajstić information content (AvgIpc) is 1.81. The molecule has 0 heterocycles. The number of hydrazine groups is 1. The van der Waals surface area contributed by atoms with Gasteiger partial charge >= 0.3 is 6.18 Å². The van der Waals surface area contributed by atoms with Gasteiger partial charge in [0.15, 0.2) is 0 Å². The lowest BCUT2D eigenvalue weighted by molar-refractivity contribution is -0.144. The summed E-state index contributed by atoms with van der Waals surface area (Å²) in [5.74, 6) is 3.73. The zero-order valence-electron chi connectivity index (χ0n) is 5.44. The fraction of sp³-hybridized carbons (Fsp3) is 0.750. The number of hydrogen-bond donors (Lipinski definition) is 2. The number of carbonyl (C=O) groups excluding carboxylic acids is 1. The highest BCUT2D eigenvalue weighted by molar-refractivity contribution is 5.85. The van der Waals surface area contributed by atoms with Gasteiger partial charge in [0.25, 0.3) is 0 Å². The minimum Gasteiger partial charge on any atom is -0.294 e. The van der Waals surface area contributed by atoms with Gasteiger partial charge in [-0.25, -0.2) is 5.84 Å². The second-order valence-electron chi connectivity index (χ2n) is 1.68. The predicted molar refractivity (Wildman–Crippen MR) is 34.9 cm³/mol. The first-order chi connectivity index (χ1) is 4.45. The van der Waals surface area contributed by atoms with E-state index < -0.39 is 24.9 Å². The van der Waals surface area contributed by atoms with Crippen LogP contribution in [0.15, 0.2) is 0 Å². The molecule has 11 heavy (non-hydrogen) atoms. The van der Waals surface area contributed by atoms with E-state index in [9.17, 15) is 18.0 Å². The third-order valence-electron chi connectivity index (χ3n) is 0.797. The van der Waals surface area contributed by atoms with E-state index in [1.165, 1.54) is 0 Å². The van der Waals surface area contributed by atoms with Gasteiger partial charge in [0.1, 0.15) is 0 Å². The van der Waals surface area contributed by atoms with Crippen LogP contribution in [0.3, 0.4) is 0 Å². The van der Waals surface area contributed by atoms with Crippen molar-refractivity contribution in [1.29, 1.82) is 0 Å². The van der Waals surface area contributed by atoms with E-state index in [-0.39, 0.29) is 12.4 Å². The molecule has 7 heteroatoms. The molecule has 0 rings (SSSR count). The van der Waals surface area contributed by atoms with Gasteiger partial charge in [-0.2, -0.15) is 13.2 Å². The van der Waals surface area contributed by atoms with Crippen molar-refractivity contribution in [2.75, 3.05) is 0 Å². The first-order valence-electron chi connectivity index (χ1n) is 2.52. The number of rotatable bonds is 2. The fourth-order valence-corrected chi connectivity index (χ4v) is 0.327. The zero-order valence-corrected chi connectivity index (χ0v) is 6.26. The summed E-state index contributed by atoms with van der Waals surface area (Å²) in [4.78, 5) is 10.1. The Kier molecular flexibility index (Phi) is 6.20. The van der Waals surface area contributed by atoms with Crippen molar-refractivity contribution in [1.82, 2.24) is 5.43 Å².